The van der Waals surface area contributed by atoms with Crippen molar-refractivity contribution in [2.45, 2.75) is 57.5 Å². The predicted octanol–water partition coefficient (Wildman–Crippen LogP) is 2.83. The number of piperazine rings is 1. The normalized spacial score (nSPS) is 21.5. The number of aliphatic hydroxyl groups is 1. The van der Waals surface area contributed by atoms with Gasteiger partial charge in [-0.05, 0) is 44.2 Å². The molecule has 1 aliphatic carbocycles. The van der Waals surface area contributed by atoms with Gasteiger partial charge in [0, 0.05) is 50.4 Å². The van der Waals surface area contributed by atoms with Crippen LogP contribution in [0.3, 0.4) is 0 Å². The number of aliphatic hydroxyl groups excluding tert-OH is 1. The summed E-state index contributed by atoms with van der Waals surface area (Å²) in [4.78, 5) is 16.7. The Morgan fingerprint density at radius 2 is 1.97 bits per heavy atom. The number of aromatic nitrogens is 5. The van der Waals surface area contributed by atoms with Gasteiger partial charge in [-0.1, -0.05) is 13.3 Å². The van der Waals surface area contributed by atoms with Crippen LogP contribution < -0.4 is 15.5 Å². The first-order chi connectivity index (χ1) is 16.2. The van der Waals surface area contributed by atoms with Gasteiger partial charge in [0.25, 0.3) is 0 Å². The topological polar surface area (TPSA) is 104 Å². The maximum absolute atomic E-state index is 10.0. The molecule has 0 aromatic carbocycles. The molecular weight excluding hydrogens is 416 g/mol. The molecule has 176 valence electrons. The summed E-state index contributed by atoms with van der Waals surface area (Å²) >= 11 is 0. The van der Waals surface area contributed by atoms with Crippen molar-refractivity contribution in [2.24, 2.45) is 0 Å². The molecule has 0 amide bonds. The Morgan fingerprint density at radius 3 is 2.76 bits per heavy atom. The summed E-state index contributed by atoms with van der Waals surface area (Å²) in [6.07, 6.45) is 9.22. The minimum Gasteiger partial charge on any atom is -0.393 e. The smallest absolute Gasteiger partial charge is 0.241 e. The summed E-state index contributed by atoms with van der Waals surface area (Å²) in [6, 6.07) is 4.16. The fourth-order valence-corrected chi connectivity index (χ4v) is 4.81. The maximum atomic E-state index is 10.0. The molecule has 5 rings (SSSR count). The largest absolute Gasteiger partial charge is 0.393 e. The van der Waals surface area contributed by atoms with E-state index < -0.39 is 0 Å². The van der Waals surface area contributed by atoms with Crippen LogP contribution in [0, 0.1) is 0 Å². The molecule has 0 radical (unpaired) electrons. The highest BCUT2D eigenvalue weighted by Gasteiger charge is 2.27. The molecule has 1 saturated heterocycles. The van der Waals surface area contributed by atoms with E-state index in [0.717, 1.165) is 99.7 Å². The molecule has 9 nitrogen and oxygen atoms in total. The van der Waals surface area contributed by atoms with E-state index in [1.165, 1.54) is 0 Å². The Balaban J connectivity index is 1.53. The van der Waals surface area contributed by atoms with Crippen LogP contribution in [-0.2, 0) is 0 Å². The zero-order valence-corrected chi connectivity index (χ0v) is 19.4. The van der Waals surface area contributed by atoms with Crippen LogP contribution in [-0.4, -0.2) is 68.5 Å². The minimum atomic E-state index is -0.199. The molecule has 2 aliphatic rings. The van der Waals surface area contributed by atoms with Gasteiger partial charge in [-0.3, -0.25) is 0 Å². The van der Waals surface area contributed by atoms with Gasteiger partial charge in [0.05, 0.1) is 18.0 Å². The molecule has 9 heteroatoms. The lowest BCUT2D eigenvalue weighted by atomic mass is 9.87. The van der Waals surface area contributed by atoms with Crippen molar-refractivity contribution in [3.8, 4) is 11.3 Å². The third-order valence-corrected chi connectivity index (χ3v) is 6.75. The van der Waals surface area contributed by atoms with Gasteiger partial charge in [0.1, 0.15) is 17.2 Å². The number of hydrogen-bond acceptors (Lipinski definition) is 8. The van der Waals surface area contributed by atoms with E-state index >= 15 is 0 Å². The highest BCUT2D eigenvalue weighted by molar-refractivity contribution is 5.78. The van der Waals surface area contributed by atoms with Crippen molar-refractivity contribution in [2.75, 3.05) is 42.9 Å². The van der Waals surface area contributed by atoms with Crippen LogP contribution in [0.5, 0.6) is 0 Å². The molecule has 1 aliphatic heterocycles. The third-order valence-electron chi connectivity index (χ3n) is 6.75. The number of anilines is 2. The molecule has 0 bridgehead atoms. The van der Waals surface area contributed by atoms with Crippen LogP contribution in [0.15, 0.2) is 24.5 Å². The summed E-state index contributed by atoms with van der Waals surface area (Å²) < 4.78 is 1.98. The number of pyridine rings is 1. The van der Waals surface area contributed by atoms with E-state index in [9.17, 15) is 5.11 Å². The minimum absolute atomic E-state index is 0.199. The summed E-state index contributed by atoms with van der Waals surface area (Å²) in [6.45, 7) is 6.87. The fourth-order valence-electron chi connectivity index (χ4n) is 4.81. The van der Waals surface area contributed by atoms with Crippen molar-refractivity contribution in [3.63, 3.8) is 0 Å². The van der Waals surface area contributed by atoms with Crippen molar-refractivity contribution in [1.82, 2.24) is 29.9 Å². The molecule has 3 aromatic rings. The average Bonchev–Trinajstić information content (AvgIpc) is 3.24. The highest BCUT2D eigenvalue weighted by Crippen LogP contribution is 2.35. The second-order valence-electron chi connectivity index (χ2n) is 9.12. The number of nitrogens with zero attached hydrogens (tertiary/aromatic N) is 6. The molecular formula is C24H34N8O. The van der Waals surface area contributed by atoms with E-state index in [1.807, 2.05) is 23.0 Å². The maximum Gasteiger partial charge on any atom is 0.241 e. The number of unbranched alkanes of at least 4 members (excludes halogenated alkanes) is 1. The first-order valence-corrected chi connectivity index (χ1v) is 12.3. The molecule has 2 fully saturated rings. The van der Waals surface area contributed by atoms with Crippen molar-refractivity contribution >= 4 is 17.3 Å². The molecule has 3 aromatic heterocycles. The predicted molar refractivity (Wildman–Crippen MR) is 130 cm³/mol. The van der Waals surface area contributed by atoms with Crippen molar-refractivity contribution in [3.05, 3.63) is 30.4 Å². The molecule has 1 saturated carbocycles. The van der Waals surface area contributed by atoms with Crippen LogP contribution >= 0.6 is 0 Å². The summed E-state index contributed by atoms with van der Waals surface area (Å²) in [5, 5.41) is 21.6. The van der Waals surface area contributed by atoms with Gasteiger partial charge in [0.2, 0.25) is 5.95 Å². The second kappa shape index (κ2) is 10.0. The first-order valence-electron chi connectivity index (χ1n) is 12.3. The standard InChI is InChI=1S/C24H34N8O/c1-2-3-9-27-24-28-16-20-22(18-8-10-26-21(15-18)31-13-11-25-12-14-31)29-23(32(20)30-24)17-4-6-19(33)7-5-17/h8,10,15-17,19,25,33H,2-7,9,11-14H2,1H3,(H,27,30)/t17-,19-. The van der Waals surface area contributed by atoms with Crippen LogP contribution in [0.25, 0.3) is 16.8 Å². The number of rotatable bonds is 7. The SMILES string of the molecule is CCCCNc1ncc2c(-c3ccnc(N4CCNCC4)c3)nc([C@H]3CC[C@H](O)CC3)n2n1. The van der Waals surface area contributed by atoms with E-state index in [0.29, 0.717) is 5.95 Å². The Morgan fingerprint density at radius 1 is 1.15 bits per heavy atom. The van der Waals surface area contributed by atoms with Gasteiger partial charge >= 0.3 is 0 Å². The Labute approximate surface area is 194 Å². The van der Waals surface area contributed by atoms with Gasteiger partial charge in [-0.2, -0.15) is 0 Å². The number of nitrogens with one attached hydrogen (secondary N) is 2. The van der Waals surface area contributed by atoms with E-state index in [1.54, 1.807) is 0 Å². The third kappa shape index (κ3) is 4.79. The lowest BCUT2D eigenvalue weighted by Gasteiger charge is -2.28. The summed E-state index contributed by atoms with van der Waals surface area (Å²) in [5.74, 6) is 2.86. The zero-order valence-electron chi connectivity index (χ0n) is 19.4. The van der Waals surface area contributed by atoms with E-state index in [4.69, 9.17) is 10.1 Å². The van der Waals surface area contributed by atoms with Gasteiger partial charge < -0.3 is 20.6 Å². The van der Waals surface area contributed by atoms with Gasteiger partial charge in [0.15, 0.2) is 0 Å². The van der Waals surface area contributed by atoms with Crippen LogP contribution in [0.2, 0.25) is 0 Å². The van der Waals surface area contributed by atoms with Gasteiger partial charge in [-0.25, -0.2) is 19.5 Å². The van der Waals surface area contributed by atoms with Gasteiger partial charge in [-0.15, -0.1) is 5.10 Å². The summed E-state index contributed by atoms with van der Waals surface area (Å²) in [5.41, 5.74) is 2.85. The van der Waals surface area contributed by atoms with E-state index in [2.05, 4.69) is 38.5 Å². The molecule has 0 atom stereocenters. The molecule has 3 N–H and O–H groups in total. The number of hydrogen-bond donors (Lipinski definition) is 3. The molecule has 33 heavy (non-hydrogen) atoms. The number of imidazole rings is 1. The Hall–Kier alpha value is -2.78. The lowest BCUT2D eigenvalue weighted by molar-refractivity contribution is 0.121. The Bertz CT molecular complexity index is 1070. The average molecular weight is 451 g/mol. The molecule has 0 spiro atoms. The highest BCUT2D eigenvalue weighted by atomic mass is 16.3. The molecule has 4 heterocycles. The quantitative estimate of drug-likeness (QED) is 0.472. The zero-order chi connectivity index (χ0) is 22.6. The Kier molecular flexibility index (Phi) is 6.68. The van der Waals surface area contributed by atoms with Crippen LogP contribution in [0.1, 0.15) is 57.2 Å². The first kappa shape index (κ1) is 22.0. The lowest BCUT2D eigenvalue weighted by Crippen LogP contribution is -2.43. The number of fused-ring (bicyclic) bond motifs is 1. The second-order valence-corrected chi connectivity index (χ2v) is 9.12. The summed E-state index contributed by atoms with van der Waals surface area (Å²) in [7, 11) is 0. The van der Waals surface area contributed by atoms with E-state index in [-0.39, 0.29) is 12.0 Å². The van der Waals surface area contributed by atoms with Crippen LogP contribution in [0.4, 0.5) is 11.8 Å². The molecule has 0 unspecified atom stereocenters. The fraction of sp³-hybridized carbons (Fsp3) is 0.583. The van der Waals surface area contributed by atoms with Crippen molar-refractivity contribution in [1.29, 1.82) is 0 Å². The monoisotopic (exact) mass is 450 g/mol. The van der Waals surface area contributed by atoms with Crippen molar-refractivity contribution < 1.29 is 5.11 Å².